The highest BCUT2D eigenvalue weighted by molar-refractivity contribution is 9.10. The van der Waals surface area contributed by atoms with Gasteiger partial charge in [-0.25, -0.2) is 8.78 Å². The van der Waals surface area contributed by atoms with Gasteiger partial charge >= 0.3 is 0 Å². The van der Waals surface area contributed by atoms with Crippen LogP contribution in [0.5, 0.6) is 0 Å². The molecule has 2 rings (SSSR count). The average Bonchev–Trinajstić information content (AvgIpc) is 2.83. The van der Waals surface area contributed by atoms with E-state index in [9.17, 15) is 8.78 Å². The van der Waals surface area contributed by atoms with Crippen molar-refractivity contribution in [3.8, 4) is 0 Å². The maximum Gasteiger partial charge on any atom is 0.173 e. The van der Waals surface area contributed by atoms with Gasteiger partial charge in [0, 0.05) is 7.11 Å². The standard InChI is InChI=1S/C13H13Br2F2N3O/c1-21-5-4-20-13(8(14)6-19-20)12(18)7-2-3-9(16)11(17)10(7)15/h2-3,6,12H,4-5,18H2,1H3. The van der Waals surface area contributed by atoms with Crippen molar-refractivity contribution in [2.45, 2.75) is 12.6 Å². The fraction of sp³-hybridized carbons (Fsp3) is 0.308. The van der Waals surface area contributed by atoms with E-state index < -0.39 is 17.7 Å². The van der Waals surface area contributed by atoms with Gasteiger partial charge in [-0.15, -0.1) is 0 Å². The summed E-state index contributed by atoms with van der Waals surface area (Å²) in [4.78, 5) is 0. The predicted molar refractivity (Wildman–Crippen MR) is 81.9 cm³/mol. The van der Waals surface area contributed by atoms with Gasteiger partial charge in [-0.1, -0.05) is 6.07 Å². The van der Waals surface area contributed by atoms with Crippen molar-refractivity contribution in [2.24, 2.45) is 5.73 Å². The molecule has 4 nitrogen and oxygen atoms in total. The van der Waals surface area contributed by atoms with Crippen LogP contribution in [0.4, 0.5) is 8.78 Å². The fourth-order valence-electron chi connectivity index (χ4n) is 1.97. The Labute approximate surface area is 137 Å². The summed E-state index contributed by atoms with van der Waals surface area (Å²) in [5.41, 5.74) is 7.31. The molecule has 0 spiro atoms. The summed E-state index contributed by atoms with van der Waals surface area (Å²) in [5, 5.41) is 4.20. The number of aromatic nitrogens is 2. The van der Waals surface area contributed by atoms with Crippen LogP contribution in [0, 0.1) is 11.6 Å². The Hall–Kier alpha value is -0.830. The molecule has 1 unspecified atom stereocenters. The van der Waals surface area contributed by atoms with Gasteiger partial charge in [0.15, 0.2) is 11.6 Å². The lowest BCUT2D eigenvalue weighted by atomic mass is 10.0. The lowest BCUT2D eigenvalue weighted by molar-refractivity contribution is 0.182. The van der Waals surface area contributed by atoms with Crippen molar-refractivity contribution in [1.82, 2.24) is 9.78 Å². The number of rotatable bonds is 5. The highest BCUT2D eigenvalue weighted by Gasteiger charge is 2.23. The number of methoxy groups -OCH3 is 1. The van der Waals surface area contributed by atoms with Gasteiger partial charge < -0.3 is 10.5 Å². The second kappa shape index (κ2) is 6.95. The molecule has 0 aliphatic rings. The van der Waals surface area contributed by atoms with Crippen molar-refractivity contribution in [3.63, 3.8) is 0 Å². The number of benzene rings is 1. The molecule has 1 heterocycles. The van der Waals surface area contributed by atoms with Crippen LogP contribution in [0.1, 0.15) is 17.3 Å². The summed E-state index contributed by atoms with van der Waals surface area (Å²) < 4.78 is 34.3. The molecule has 0 radical (unpaired) electrons. The summed E-state index contributed by atoms with van der Waals surface area (Å²) >= 11 is 6.43. The first kappa shape index (κ1) is 16.5. The number of hydrogen-bond acceptors (Lipinski definition) is 3. The SMILES string of the molecule is COCCn1ncc(Br)c1C(N)c1ccc(F)c(F)c1Br. The lowest BCUT2D eigenvalue weighted by Crippen LogP contribution is -2.20. The van der Waals surface area contributed by atoms with E-state index in [1.807, 2.05) is 0 Å². The van der Waals surface area contributed by atoms with Crippen LogP contribution in [-0.4, -0.2) is 23.5 Å². The quantitative estimate of drug-likeness (QED) is 0.748. The number of ether oxygens (including phenoxy) is 1. The smallest absolute Gasteiger partial charge is 0.173 e. The summed E-state index contributed by atoms with van der Waals surface area (Å²) in [6, 6.07) is 1.84. The Morgan fingerprint density at radius 2 is 2.10 bits per heavy atom. The van der Waals surface area contributed by atoms with Gasteiger partial charge in [0.05, 0.1) is 40.0 Å². The van der Waals surface area contributed by atoms with Crippen molar-refractivity contribution < 1.29 is 13.5 Å². The minimum Gasteiger partial charge on any atom is -0.383 e. The highest BCUT2D eigenvalue weighted by atomic mass is 79.9. The Morgan fingerprint density at radius 3 is 2.76 bits per heavy atom. The van der Waals surface area contributed by atoms with Crippen molar-refractivity contribution in [3.05, 3.63) is 50.2 Å². The van der Waals surface area contributed by atoms with Crippen molar-refractivity contribution >= 4 is 31.9 Å². The molecule has 114 valence electrons. The predicted octanol–water partition coefficient (Wildman–Crippen LogP) is 3.38. The summed E-state index contributed by atoms with van der Waals surface area (Å²) in [6.45, 7) is 0.971. The van der Waals surface area contributed by atoms with Crippen LogP contribution in [0.25, 0.3) is 0 Å². The third-order valence-electron chi connectivity index (χ3n) is 3.04. The molecule has 0 aliphatic heterocycles. The molecule has 0 saturated heterocycles. The van der Waals surface area contributed by atoms with Crippen LogP contribution in [0.15, 0.2) is 27.3 Å². The van der Waals surface area contributed by atoms with Crippen LogP contribution >= 0.6 is 31.9 Å². The average molecular weight is 425 g/mol. The van der Waals surface area contributed by atoms with E-state index in [2.05, 4.69) is 37.0 Å². The zero-order valence-corrected chi connectivity index (χ0v) is 14.3. The minimum atomic E-state index is -0.956. The van der Waals surface area contributed by atoms with E-state index in [4.69, 9.17) is 10.5 Å². The van der Waals surface area contributed by atoms with Crippen LogP contribution in [0.3, 0.4) is 0 Å². The maximum atomic E-state index is 13.7. The van der Waals surface area contributed by atoms with E-state index in [1.54, 1.807) is 18.0 Å². The first-order valence-electron chi connectivity index (χ1n) is 6.06. The van der Waals surface area contributed by atoms with Crippen molar-refractivity contribution in [1.29, 1.82) is 0 Å². The molecule has 21 heavy (non-hydrogen) atoms. The van der Waals surface area contributed by atoms with E-state index in [-0.39, 0.29) is 4.47 Å². The van der Waals surface area contributed by atoms with E-state index in [0.717, 1.165) is 6.07 Å². The second-order valence-corrected chi connectivity index (χ2v) is 5.98. The molecule has 1 atom stereocenters. The molecular weight excluding hydrogens is 412 g/mol. The molecule has 2 N–H and O–H groups in total. The normalized spacial score (nSPS) is 12.7. The second-order valence-electron chi connectivity index (χ2n) is 4.34. The first-order chi connectivity index (χ1) is 9.97. The zero-order chi connectivity index (χ0) is 15.6. The monoisotopic (exact) mass is 423 g/mol. The maximum absolute atomic E-state index is 13.7. The molecular formula is C13H13Br2F2N3O. The Balaban J connectivity index is 2.43. The largest absolute Gasteiger partial charge is 0.383 e. The number of nitrogens with two attached hydrogens (primary N) is 1. The highest BCUT2D eigenvalue weighted by Crippen LogP contribution is 2.33. The van der Waals surface area contributed by atoms with Crippen molar-refractivity contribution in [2.75, 3.05) is 13.7 Å². The molecule has 1 aromatic heterocycles. The van der Waals surface area contributed by atoms with Gasteiger partial charge in [-0.05, 0) is 43.5 Å². The number of nitrogens with zero attached hydrogens (tertiary/aromatic N) is 2. The summed E-state index contributed by atoms with van der Waals surface area (Å²) in [5.74, 6) is -1.88. The van der Waals surface area contributed by atoms with Crippen LogP contribution in [0.2, 0.25) is 0 Å². The zero-order valence-electron chi connectivity index (χ0n) is 11.1. The Bertz CT molecular complexity index is 649. The Morgan fingerprint density at radius 1 is 1.38 bits per heavy atom. The fourth-order valence-corrected chi connectivity index (χ4v) is 3.08. The van der Waals surface area contributed by atoms with Gasteiger partial charge in [-0.3, -0.25) is 4.68 Å². The molecule has 0 saturated carbocycles. The summed E-state index contributed by atoms with van der Waals surface area (Å²) in [6.07, 6.45) is 1.61. The van der Waals surface area contributed by atoms with E-state index >= 15 is 0 Å². The lowest BCUT2D eigenvalue weighted by Gasteiger charge is -2.17. The minimum absolute atomic E-state index is 0.0152. The van der Waals surface area contributed by atoms with Gasteiger partial charge in [0.25, 0.3) is 0 Å². The number of halogens is 4. The van der Waals surface area contributed by atoms with Gasteiger partial charge in [0.1, 0.15) is 0 Å². The van der Waals surface area contributed by atoms with Gasteiger partial charge in [-0.2, -0.15) is 5.10 Å². The van der Waals surface area contributed by atoms with Crippen LogP contribution < -0.4 is 5.73 Å². The number of hydrogen-bond donors (Lipinski definition) is 1. The Kier molecular flexibility index (Phi) is 5.48. The molecule has 8 heteroatoms. The molecule has 0 aliphatic carbocycles. The molecule has 0 amide bonds. The van der Waals surface area contributed by atoms with Gasteiger partial charge in [0.2, 0.25) is 0 Å². The molecule has 0 fully saturated rings. The van der Waals surface area contributed by atoms with E-state index in [0.29, 0.717) is 28.9 Å². The van der Waals surface area contributed by atoms with Crippen LogP contribution in [-0.2, 0) is 11.3 Å². The molecule has 2 aromatic rings. The topological polar surface area (TPSA) is 53.1 Å². The summed E-state index contributed by atoms with van der Waals surface area (Å²) in [7, 11) is 1.59. The molecule has 1 aromatic carbocycles. The first-order valence-corrected chi connectivity index (χ1v) is 7.65. The third-order valence-corrected chi connectivity index (χ3v) is 4.45. The molecule has 0 bridgehead atoms. The van der Waals surface area contributed by atoms with E-state index in [1.165, 1.54) is 6.07 Å². The third kappa shape index (κ3) is 3.33.